The summed E-state index contributed by atoms with van der Waals surface area (Å²) >= 11 is 0. The van der Waals surface area contributed by atoms with Gasteiger partial charge in [0, 0.05) is 67.2 Å². The first kappa shape index (κ1) is 84.6. The molecule has 0 amide bonds. The summed E-state index contributed by atoms with van der Waals surface area (Å²) < 4.78 is 0. The van der Waals surface area contributed by atoms with E-state index in [1.165, 1.54) is 98.4 Å². The molecule has 20 aromatic rings. The van der Waals surface area contributed by atoms with Gasteiger partial charge in [-0.3, -0.25) is 0 Å². The maximum absolute atomic E-state index is 11.1. The van der Waals surface area contributed by atoms with Crippen molar-refractivity contribution in [1.29, 1.82) is 0 Å². The highest BCUT2D eigenvalue weighted by Crippen LogP contribution is 2.52. The van der Waals surface area contributed by atoms with E-state index in [-0.39, 0.29) is 57.8 Å². The number of rotatable bonds is 15. The number of phenolic OH excluding ortho intramolecular Hbond substituents is 8. The van der Waals surface area contributed by atoms with Gasteiger partial charge >= 0.3 is 0 Å². The minimum absolute atomic E-state index is 0.110. The molecule has 0 aliphatic heterocycles. The zero-order chi connectivity index (χ0) is 89.1. The second-order valence-corrected chi connectivity index (χ2v) is 33.9. The number of phenols is 8. The van der Waals surface area contributed by atoms with Gasteiger partial charge in [0.15, 0.2) is 0 Å². The predicted octanol–water partition coefficient (Wildman–Crippen LogP) is 30.2. The lowest BCUT2D eigenvalue weighted by atomic mass is 9.67. The molecule has 2 atom stereocenters. The molecule has 128 heavy (non-hydrogen) atoms. The lowest BCUT2D eigenvalue weighted by Crippen LogP contribution is -2.26. The molecule has 20 aromatic carbocycles. The maximum atomic E-state index is 11.1. The minimum atomic E-state index is -0.556. The average molecular weight is 1670 g/mol. The number of fused-ring (bicyclic) bond motifs is 2. The Morgan fingerprint density at radius 1 is 0.211 bits per heavy atom. The monoisotopic (exact) mass is 1670 g/mol. The first-order valence-electron chi connectivity index (χ1n) is 43.4. The fourth-order valence-corrected chi connectivity index (χ4v) is 18.8. The number of benzene rings is 20. The van der Waals surface area contributed by atoms with Crippen LogP contribution in [0.25, 0.3) is 109 Å². The van der Waals surface area contributed by atoms with Crippen LogP contribution in [-0.2, 0) is 10.8 Å². The van der Waals surface area contributed by atoms with E-state index in [4.69, 9.17) is 0 Å². The van der Waals surface area contributed by atoms with E-state index in [2.05, 4.69) is 240 Å². The zero-order valence-electron chi connectivity index (χ0n) is 72.8. The highest BCUT2D eigenvalue weighted by Gasteiger charge is 2.37. The van der Waals surface area contributed by atoms with Gasteiger partial charge in [0.1, 0.15) is 46.0 Å². The molecule has 0 aromatic heterocycles. The number of aryl methyl sites for hydroxylation is 4. The summed E-state index contributed by atoms with van der Waals surface area (Å²) in [6.45, 7) is 16.5. The normalized spacial score (nSPS) is 11.9. The standard InChI is InChI=1S/C35H28O2.C31H24O2.2C27H24O2/c1-23-21-26(22-30(34(23)37)29-17-7-8-20-33(29)36)35(2,31-18-9-13-24-11-3-5-15-27(24)31)32-19-10-14-25-12-4-6-16-28(25)32;1-18-16-23(17-27(31(18)33)25-8-3-4-9-28(25)32)19(2)24-14-12-22-11-10-20-6-5-7-21-13-15-26(24)30(22)29(20)21;1-19-17-22(18-24(26(19)29)23-15-9-10-16-25(23)28)27(2,20-11-5-3-6-12-20)21-13-7-4-8-14-21;1-18-16-23(17-25(27(18)29)24-10-6-7-11-26(24)28)19(2)20-12-14-22(15-13-20)21-8-4-3-5-9-21/h3-22,36-37H,1-2H3;3-17,19,32-33H,1-2H3;3-18,28-29H,1-2H3;3-17,19,28-29H,1-2H3. The Labute approximate surface area is 747 Å². The molecule has 20 rings (SSSR count). The molecule has 628 valence electrons. The SMILES string of the molecule is Cc1cc(C(C)(c2cccc3ccccc23)c2cccc3ccccc23)cc(-c2ccccc2O)c1O.Cc1cc(C(C)(c2ccccc2)c2ccccc2)cc(-c2ccccc2O)c1O.Cc1cc(C(C)c2ccc(-c3ccccc3)cc2)cc(-c2ccccc2O)c1O.Cc1cc(C(C)c2ccc3ccc4cccc5ccc2c3c45)cc(-c2ccccc2O)c1O. The van der Waals surface area contributed by atoms with Crippen LogP contribution >= 0.6 is 0 Å². The molecule has 2 unspecified atom stereocenters. The predicted molar refractivity (Wildman–Crippen MR) is 529 cm³/mol. The molecular weight excluding hydrogens is 1570 g/mol. The number of hydrogen-bond acceptors (Lipinski definition) is 8. The van der Waals surface area contributed by atoms with Crippen molar-refractivity contribution in [2.24, 2.45) is 0 Å². The second kappa shape index (κ2) is 35.9. The van der Waals surface area contributed by atoms with Crippen molar-refractivity contribution in [3.8, 4) is 102 Å². The van der Waals surface area contributed by atoms with Gasteiger partial charge in [-0.05, 0) is 233 Å². The molecular formula is C120H100O8. The molecule has 0 radical (unpaired) electrons. The Kier molecular flexibility index (Phi) is 23.7. The molecule has 0 bridgehead atoms. The second-order valence-electron chi connectivity index (χ2n) is 33.9. The highest BCUT2D eigenvalue weighted by atomic mass is 16.3. The van der Waals surface area contributed by atoms with Crippen LogP contribution < -0.4 is 0 Å². The van der Waals surface area contributed by atoms with Crippen molar-refractivity contribution in [2.75, 3.05) is 0 Å². The van der Waals surface area contributed by atoms with Crippen LogP contribution in [0.1, 0.15) is 117 Å². The fraction of sp³-hybridized carbons (Fsp3) is 0.100. The van der Waals surface area contributed by atoms with Crippen molar-refractivity contribution in [2.45, 2.75) is 78.1 Å². The van der Waals surface area contributed by atoms with E-state index in [0.717, 1.165) is 44.5 Å². The Morgan fingerprint density at radius 2 is 0.531 bits per heavy atom. The van der Waals surface area contributed by atoms with Gasteiger partial charge in [-0.15, -0.1) is 0 Å². The van der Waals surface area contributed by atoms with E-state index in [9.17, 15) is 40.9 Å². The van der Waals surface area contributed by atoms with Crippen molar-refractivity contribution < 1.29 is 40.9 Å². The van der Waals surface area contributed by atoms with Gasteiger partial charge in [0.2, 0.25) is 0 Å². The summed E-state index contributed by atoms with van der Waals surface area (Å²) in [7, 11) is 0. The summed E-state index contributed by atoms with van der Waals surface area (Å²) in [6.07, 6.45) is 0. The van der Waals surface area contributed by atoms with Crippen molar-refractivity contribution in [1.82, 2.24) is 0 Å². The van der Waals surface area contributed by atoms with E-state index in [1.54, 1.807) is 48.5 Å². The first-order chi connectivity index (χ1) is 62.1. The number of hydrogen-bond donors (Lipinski definition) is 8. The molecule has 0 heterocycles. The van der Waals surface area contributed by atoms with Gasteiger partial charge in [-0.1, -0.05) is 366 Å². The molecule has 0 aliphatic carbocycles. The van der Waals surface area contributed by atoms with E-state index in [0.29, 0.717) is 44.5 Å². The maximum Gasteiger partial charge on any atom is 0.126 e. The van der Waals surface area contributed by atoms with Crippen LogP contribution in [0.3, 0.4) is 0 Å². The molecule has 8 heteroatoms. The smallest absolute Gasteiger partial charge is 0.126 e. The summed E-state index contributed by atoms with van der Waals surface area (Å²) in [5, 5.41) is 97.5. The molecule has 0 fully saturated rings. The van der Waals surface area contributed by atoms with Gasteiger partial charge in [0.05, 0.1) is 0 Å². The zero-order valence-corrected chi connectivity index (χ0v) is 72.8. The lowest BCUT2D eigenvalue weighted by molar-refractivity contribution is 0.466. The van der Waals surface area contributed by atoms with Crippen molar-refractivity contribution in [3.05, 3.63) is 478 Å². The molecule has 8 N–H and O–H groups in total. The van der Waals surface area contributed by atoms with Crippen LogP contribution in [0.2, 0.25) is 0 Å². The molecule has 8 nitrogen and oxygen atoms in total. The van der Waals surface area contributed by atoms with E-state index < -0.39 is 10.8 Å². The summed E-state index contributed by atoms with van der Waals surface area (Å²) in [4.78, 5) is 0. The van der Waals surface area contributed by atoms with E-state index >= 15 is 0 Å². The van der Waals surface area contributed by atoms with Crippen LogP contribution in [0.5, 0.6) is 46.0 Å². The van der Waals surface area contributed by atoms with Crippen LogP contribution in [0.15, 0.2) is 400 Å². The first-order valence-corrected chi connectivity index (χ1v) is 43.4. The third-order valence-corrected chi connectivity index (χ3v) is 26.1. The Bertz CT molecular complexity index is 7320. The highest BCUT2D eigenvalue weighted by molar-refractivity contribution is 6.23. The summed E-state index contributed by atoms with van der Waals surface area (Å²) in [5.74, 6) is 1.69. The Hall–Kier alpha value is -15.6. The van der Waals surface area contributed by atoms with Crippen molar-refractivity contribution >= 4 is 53.9 Å². The summed E-state index contributed by atoms with van der Waals surface area (Å²) in [5.41, 5.74) is 21.2. The lowest BCUT2D eigenvalue weighted by Gasteiger charge is -2.35. The number of para-hydroxylation sites is 4. The van der Waals surface area contributed by atoms with Gasteiger partial charge in [0.25, 0.3) is 0 Å². The van der Waals surface area contributed by atoms with Crippen LogP contribution in [0, 0.1) is 27.7 Å². The fourth-order valence-electron chi connectivity index (χ4n) is 18.8. The van der Waals surface area contributed by atoms with Gasteiger partial charge < -0.3 is 40.9 Å². The number of aromatic hydroxyl groups is 8. The largest absolute Gasteiger partial charge is 0.507 e. The quantitative estimate of drug-likeness (QED) is 0.0372. The van der Waals surface area contributed by atoms with Gasteiger partial charge in [-0.25, -0.2) is 0 Å². The molecule has 0 saturated carbocycles. The van der Waals surface area contributed by atoms with Crippen molar-refractivity contribution in [3.63, 3.8) is 0 Å². The average Bonchev–Trinajstić information content (AvgIpc) is 0.732. The van der Waals surface area contributed by atoms with Crippen LogP contribution in [0.4, 0.5) is 0 Å². The third-order valence-electron chi connectivity index (χ3n) is 26.1. The van der Waals surface area contributed by atoms with Gasteiger partial charge in [-0.2, -0.15) is 0 Å². The molecule has 0 aliphatic rings. The molecule has 0 saturated heterocycles. The minimum Gasteiger partial charge on any atom is -0.507 e. The summed E-state index contributed by atoms with van der Waals surface area (Å²) in [6, 6.07) is 134. The topological polar surface area (TPSA) is 162 Å². The Balaban J connectivity index is 0.000000121. The third kappa shape index (κ3) is 16.2. The van der Waals surface area contributed by atoms with Crippen LogP contribution in [-0.4, -0.2) is 40.9 Å². The van der Waals surface area contributed by atoms with E-state index in [1.807, 2.05) is 167 Å². The molecule has 0 spiro atoms. The Morgan fingerprint density at radius 3 is 0.969 bits per heavy atom.